The van der Waals surface area contributed by atoms with Crippen molar-refractivity contribution in [2.45, 2.75) is 32.6 Å². The second kappa shape index (κ2) is 10.3. The molecule has 0 aliphatic heterocycles. The molecule has 1 aliphatic carbocycles. The van der Waals surface area contributed by atoms with Crippen LogP contribution >= 0.6 is 11.3 Å². The van der Waals surface area contributed by atoms with E-state index in [4.69, 9.17) is 4.98 Å². The molecule has 4 rings (SSSR count). The fraction of sp³-hybridized carbons (Fsp3) is 0.185. The van der Waals surface area contributed by atoms with Gasteiger partial charge in [-0.15, -0.1) is 17.1 Å². The minimum atomic E-state index is -3.28. The van der Waals surface area contributed by atoms with Crippen LogP contribution in [0.5, 0.6) is 0 Å². The van der Waals surface area contributed by atoms with E-state index in [0.29, 0.717) is 0 Å². The van der Waals surface area contributed by atoms with Gasteiger partial charge in [0.05, 0.1) is 21.0 Å². The van der Waals surface area contributed by atoms with Crippen LogP contribution in [0, 0.1) is 5.82 Å². The maximum absolute atomic E-state index is 13.5. The summed E-state index contributed by atoms with van der Waals surface area (Å²) in [7, 11) is -3.28. The third kappa shape index (κ3) is 5.66. The van der Waals surface area contributed by atoms with E-state index >= 15 is 0 Å². The largest absolute Gasteiger partial charge is 0.235 e. The Morgan fingerprint density at radius 2 is 1.55 bits per heavy atom. The molecule has 0 amide bonds. The van der Waals surface area contributed by atoms with Gasteiger partial charge in [-0.25, -0.2) is 17.8 Å². The van der Waals surface area contributed by atoms with Gasteiger partial charge < -0.3 is 0 Å². The van der Waals surface area contributed by atoms with E-state index in [2.05, 4.69) is 5.73 Å². The Labute approximate surface area is 199 Å². The van der Waals surface area contributed by atoms with Gasteiger partial charge in [-0.3, -0.25) is 0 Å². The van der Waals surface area contributed by atoms with E-state index in [0.717, 1.165) is 43.4 Å². The van der Waals surface area contributed by atoms with Crippen LogP contribution in [-0.2, 0) is 9.84 Å². The first-order valence-corrected chi connectivity index (χ1v) is 13.3. The molecule has 0 bridgehead atoms. The predicted octanol–water partition coefficient (Wildman–Crippen LogP) is 7.49. The minimum absolute atomic E-state index is 0.263. The van der Waals surface area contributed by atoms with E-state index in [1.807, 2.05) is 45.9 Å². The first kappa shape index (κ1) is 24.6. The average molecular weight is 480 g/mol. The summed E-state index contributed by atoms with van der Waals surface area (Å²) in [6, 6.07) is 13.0. The van der Waals surface area contributed by atoms with Crippen molar-refractivity contribution in [3.63, 3.8) is 0 Å². The van der Waals surface area contributed by atoms with Gasteiger partial charge in [0.2, 0.25) is 0 Å². The van der Waals surface area contributed by atoms with Gasteiger partial charge in [-0.2, -0.15) is 0 Å². The third-order valence-electron chi connectivity index (χ3n) is 4.91. The topological polar surface area (TPSA) is 47.0 Å². The van der Waals surface area contributed by atoms with Gasteiger partial charge in [0.25, 0.3) is 0 Å². The van der Waals surface area contributed by atoms with Crippen LogP contribution in [0.1, 0.15) is 32.7 Å². The second-order valence-corrected chi connectivity index (χ2v) is 10.4. The summed E-state index contributed by atoms with van der Waals surface area (Å²) in [5.74, 6) is -0.312. The van der Waals surface area contributed by atoms with Gasteiger partial charge in [-0.05, 0) is 67.0 Å². The highest BCUT2D eigenvalue weighted by atomic mass is 32.2. The summed E-state index contributed by atoms with van der Waals surface area (Å²) in [6.45, 7) is 8.01. The van der Waals surface area contributed by atoms with Crippen LogP contribution in [0.3, 0.4) is 0 Å². The number of aromatic nitrogens is 1. The number of benzene rings is 2. The molecule has 0 radical (unpaired) electrons. The summed E-state index contributed by atoms with van der Waals surface area (Å²) in [5.41, 5.74) is 8.74. The zero-order valence-electron chi connectivity index (χ0n) is 19.3. The molecule has 1 heterocycles. The third-order valence-corrected chi connectivity index (χ3v) is 7.16. The van der Waals surface area contributed by atoms with Gasteiger partial charge in [0.15, 0.2) is 9.84 Å². The molecule has 2 aromatic carbocycles. The molecular weight excluding hydrogens is 453 g/mol. The van der Waals surface area contributed by atoms with Crippen LogP contribution < -0.4 is 0 Å². The van der Waals surface area contributed by atoms with Crippen molar-refractivity contribution in [3.05, 3.63) is 94.5 Å². The van der Waals surface area contributed by atoms with E-state index in [1.165, 1.54) is 29.7 Å². The Bertz CT molecular complexity index is 1390. The minimum Gasteiger partial charge on any atom is -0.235 e. The number of sulfone groups is 1. The number of hydrogen-bond donors (Lipinski definition) is 0. The maximum atomic E-state index is 13.5. The lowest BCUT2D eigenvalue weighted by molar-refractivity contribution is 0.602. The van der Waals surface area contributed by atoms with Crippen molar-refractivity contribution in [1.29, 1.82) is 0 Å². The van der Waals surface area contributed by atoms with Crippen molar-refractivity contribution in [3.8, 4) is 21.7 Å². The molecule has 3 aromatic rings. The second-order valence-electron chi connectivity index (χ2n) is 7.39. The number of hydrogen-bond acceptors (Lipinski definition) is 4. The van der Waals surface area contributed by atoms with E-state index in [-0.39, 0.29) is 10.7 Å². The van der Waals surface area contributed by atoms with Gasteiger partial charge in [0.1, 0.15) is 10.8 Å². The Morgan fingerprint density at radius 3 is 2.15 bits per heavy atom. The zero-order valence-corrected chi connectivity index (χ0v) is 20.9. The highest BCUT2D eigenvalue weighted by Crippen LogP contribution is 2.41. The van der Waals surface area contributed by atoms with E-state index in [9.17, 15) is 12.8 Å². The van der Waals surface area contributed by atoms with Gasteiger partial charge in [0, 0.05) is 11.8 Å². The normalized spacial score (nSPS) is 13.3. The highest BCUT2D eigenvalue weighted by Gasteiger charge is 2.19. The Hall–Kier alpha value is -3.05. The molecule has 33 heavy (non-hydrogen) atoms. The number of halogens is 1. The number of rotatable bonds is 4. The average Bonchev–Trinajstić information content (AvgIpc) is 3.16. The van der Waals surface area contributed by atoms with Crippen LogP contribution in [0.2, 0.25) is 0 Å². The molecule has 0 N–H and O–H groups in total. The van der Waals surface area contributed by atoms with Crippen LogP contribution in [0.4, 0.5) is 4.39 Å². The lowest BCUT2D eigenvalue weighted by Gasteiger charge is -2.04. The number of allylic oxidation sites excluding steroid dienone is 5. The lowest BCUT2D eigenvalue weighted by Crippen LogP contribution is -1.96. The monoisotopic (exact) mass is 479 g/mol. The number of nitrogens with zero attached hydrogens (tertiary/aromatic N) is 1. The molecule has 6 heteroatoms. The summed E-state index contributed by atoms with van der Waals surface area (Å²) >= 11 is 1.51. The molecule has 3 nitrogen and oxygen atoms in total. The summed E-state index contributed by atoms with van der Waals surface area (Å²) in [6.07, 6.45) is 7.20. The highest BCUT2D eigenvalue weighted by molar-refractivity contribution is 7.90. The van der Waals surface area contributed by atoms with Crippen molar-refractivity contribution in [2.24, 2.45) is 0 Å². The summed E-state index contributed by atoms with van der Waals surface area (Å²) in [5, 5.41) is 0.804. The van der Waals surface area contributed by atoms with Crippen molar-refractivity contribution in [1.82, 2.24) is 4.98 Å². The lowest BCUT2D eigenvalue weighted by atomic mass is 10.1. The smallest absolute Gasteiger partial charge is 0.175 e. The van der Waals surface area contributed by atoms with Crippen LogP contribution in [0.25, 0.3) is 27.3 Å². The predicted molar refractivity (Wildman–Crippen MR) is 136 cm³/mol. The molecule has 0 saturated carbocycles. The molecule has 170 valence electrons. The Kier molecular flexibility index (Phi) is 7.65. The molecule has 1 aliphatic rings. The van der Waals surface area contributed by atoms with Crippen LogP contribution in [0.15, 0.2) is 88.5 Å². The van der Waals surface area contributed by atoms with Crippen molar-refractivity contribution in [2.75, 3.05) is 6.26 Å². The molecule has 0 saturated heterocycles. The SMILES string of the molecule is CC.CC1=C=C(c2nc(-c3ccc(F)cc3)c(-c3ccc(S(C)(=O)=O)cc3)s2)C(C)=CC=C1. The molecule has 0 spiro atoms. The first-order valence-electron chi connectivity index (χ1n) is 10.6. The van der Waals surface area contributed by atoms with Crippen molar-refractivity contribution < 1.29 is 12.8 Å². The van der Waals surface area contributed by atoms with Gasteiger partial charge >= 0.3 is 0 Å². The van der Waals surface area contributed by atoms with E-state index in [1.54, 1.807) is 36.4 Å². The summed E-state index contributed by atoms with van der Waals surface area (Å²) < 4.78 is 37.2. The molecule has 0 unspecified atom stereocenters. The zero-order chi connectivity index (χ0) is 24.2. The quantitative estimate of drug-likeness (QED) is 0.364. The maximum Gasteiger partial charge on any atom is 0.175 e. The Balaban J connectivity index is 0.00000149. The first-order chi connectivity index (χ1) is 15.7. The fourth-order valence-corrected chi connectivity index (χ4v) is 5.05. The van der Waals surface area contributed by atoms with Crippen LogP contribution in [-0.4, -0.2) is 19.7 Å². The molecule has 0 fully saturated rings. The fourth-order valence-electron chi connectivity index (χ4n) is 3.26. The molecular formula is C27H26FNO2S2. The van der Waals surface area contributed by atoms with Gasteiger partial charge in [-0.1, -0.05) is 44.2 Å². The molecule has 1 aromatic heterocycles. The number of thiazole rings is 1. The van der Waals surface area contributed by atoms with E-state index < -0.39 is 9.84 Å². The standard InChI is InChI=1S/C25H20FNO2S2.C2H6/c1-16-5-4-6-17(2)22(15-16)25-27-23(18-7-11-20(26)12-8-18)24(30-25)19-9-13-21(14-10-19)31(3,28)29;1-2/h4-14H,1-3H3;1-2H3. The summed E-state index contributed by atoms with van der Waals surface area (Å²) in [4.78, 5) is 6.05. The molecule has 0 atom stereocenters. The van der Waals surface area contributed by atoms with Crippen molar-refractivity contribution >= 4 is 26.7 Å². The Morgan fingerprint density at radius 1 is 0.939 bits per heavy atom.